The fourth-order valence-electron chi connectivity index (χ4n) is 2.95. The Balaban J connectivity index is 1.83. The van der Waals surface area contributed by atoms with Crippen LogP contribution in [0, 0.1) is 0 Å². The zero-order chi connectivity index (χ0) is 27.2. The van der Waals surface area contributed by atoms with E-state index in [1.807, 2.05) is 0 Å². The zero-order valence-corrected chi connectivity index (χ0v) is 21.9. The molecule has 0 bridgehead atoms. The maximum atomic E-state index is 12.9. The van der Waals surface area contributed by atoms with Gasteiger partial charge in [0.15, 0.2) is 0 Å². The number of ether oxygens (including phenoxy) is 3. The number of methoxy groups -OCH3 is 1. The van der Waals surface area contributed by atoms with Crippen LogP contribution >= 0.6 is 0 Å². The molecule has 3 aromatic rings. The van der Waals surface area contributed by atoms with E-state index in [4.69, 9.17) is 14.2 Å². The van der Waals surface area contributed by atoms with Crippen LogP contribution in [0.3, 0.4) is 0 Å². The highest BCUT2D eigenvalue weighted by atomic mass is 32.2. The van der Waals surface area contributed by atoms with Crippen LogP contribution in [0.2, 0.25) is 0 Å². The van der Waals surface area contributed by atoms with Crippen molar-refractivity contribution >= 4 is 27.5 Å². The van der Waals surface area contributed by atoms with Gasteiger partial charge in [0.2, 0.25) is 20.9 Å². The van der Waals surface area contributed by atoms with Crippen molar-refractivity contribution in [2.45, 2.75) is 38.1 Å². The number of sulfone groups is 1. The van der Waals surface area contributed by atoms with Crippen molar-refractivity contribution < 1.29 is 32.2 Å². The maximum absolute atomic E-state index is 12.9. The van der Waals surface area contributed by atoms with Gasteiger partial charge < -0.3 is 19.5 Å². The predicted molar refractivity (Wildman–Crippen MR) is 136 cm³/mol. The smallest absolute Gasteiger partial charge is 0.412 e. The Labute approximate surface area is 215 Å². The van der Waals surface area contributed by atoms with Gasteiger partial charge in [-0.25, -0.2) is 18.2 Å². The molecule has 0 radical (unpaired) electrons. The molecule has 1 aromatic heterocycles. The molecule has 0 aliphatic rings. The molecule has 0 saturated heterocycles. The Bertz CT molecular complexity index is 1380. The molecule has 196 valence electrons. The summed E-state index contributed by atoms with van der Waals surface area (Å²) in [6.07, 6.45) is 1.37. The quantitative estimate of drug-likeness (QED) is 0.415. The molecule has 12 heteroatoms. The molecule has 0 saturated carbocycles. The van der Waals surface area contributed by atoms with Gasteiger partial charge in [0.1, 0.15) is 22.7 Å². The SMILES string of the molecule is COc1ccc(CNC(=O)c2cnc(S(C)(=O)=O)nc2Oc2cccc(NC(=O)OC(C)(C)C)c2)cc1. The number of carbonyl (C=O) groups is 2. The van der Waals surface area contributed by atoms with Crippen LogP contribution in [0.25, 0.3) is 0 Å². The fourth-order valence-corrected chi connectivity index (χ4v) is 3.45. The van der Waals surface area contributed by atoms with E-state index in [0.29, 0.717) is 11.4 Å². The summed E-state index contributed by atoms with van der Waals surface area (Å²) in [5.41, 5.74) is 0.405. The molecule has 0 atom stereocenters. The van der Waals surface area contributed by atoms with E-state index < -0.39 is 32.6 Å². The van der Waals surface area contributed by atoms with Gasteiger partial charge in [-0.05, 0) is 50.6 Å². The van der Waals surface area contributed by atoms with Crippen molar-refractivity contribution in [2.24, 2.45) is 0 Å². The average molecular weight is 529 g/mol. The predicted octanol–water partition coefficient (Wildman–Crippen LogP) is 3.96. The van der Waals surface area contributed by atoms with Gasteiger partial charge in [0, 0.05) is 30.8 Å². The lowest BCUT2D eigenvalue weighted by molar-refractivity contribution is 0.0635. The highest BCUT2D eigenvalue weighted by Gasteiger charge is 2.21. The third kappa shape index (κ3) is 8.17. The van der Waals surface area contributed by atoms with Gasteiger partial charge in [-0.15, -0.1) is 0 Å². The molecular formula is C25H28N4O7S. The number of hydrogen-bond donors (Lipinski definition) is 2. The molecule has 0 aliphatic heterocycles. The van der Waals surface area contributed by atoms with Crippen molar-refractivity contribution in [3.8, 4) is 17.4 Å². The zero-order valence-electron chi connectivity index (χ0n) is 21.1. The first-order valence-corrected chi connectivity index (χ1v) is 13.0. The number of benzene rings is 2. The van der Waals surface area contributed by atoms with Crippen LogP contribution in [0.15, 0.2) is 59.9 Å². The molecule has 0 spiro atoms. The molecule has 11 nitrogen and oxygen atoms in total. The molecule has 0 aliphatic carbocycles. The topological polar surface area (TPSA) is 146 Å². The van der Waals surface area contributed by atoms with Crippen LogP contribution in [0.5, 0.6) is 17.4 Å². The highest BCUT2D eigenvalue weighted by Crippen LogP contribution is 2.27. The Hall–Kier alpha value is -4.19. The number of nitrogens with one attached hydrogen (secondary N) is 2. The fraction of sp³-hybridized carbons (Fsp3) is 0.280. The van der Waals surface area contributed by atoms with Crippen molar-refractivity contribution in [3.05, 3.63) is 65.9 Å². The van der Waals surface area contributed by atoms with E-state index in [1.54, 1.807) is 70.3 Å². The highest BCUT2D eigenvalue weighted by molar-refractivity contribution is 7.90. The molecule has 2 N–H and O–H groups in total. The van der Waals surface area contributed by atoms with Gasteiger partial charge in [-0.1, -0.05) is 18.2 Å². The summed E-state index contributed by atoms with van der Waals surface area (Å²) in [6, 6.07) is 13.4. The molecule has 37 heavy (non-hydrogen) atoms. The van der Waals surface area contributed by atoms with Crippen molar-refractivity contribution in [3.63, 3.8) is 0 Å². The number of anilines is 1. The van der Waals surface area contributed by atoms with E-state index in [2.05, 4.69) is 20.6 Å². The van der Waals surface area contributed by atoms with Crippen molar-refractivity contribution in [2.75, 3.05) is 18.7 Å². The molecule has 3 rings (SSSR count). The van der Waals surface area contributed by atoms with E-state index in [1.165, 1.54) is 6.07 Å². The lowest BCUT2D eigenvalue weighted by atomic mass is 10.2. The number of aromatic nitrogens is 2. The maximum Gasteiger partial charge on any atom is 0.412 e. The average Bonchev–Trinajstić information content (AvgIpc) is 2.81. The summed E-state index contributed by atoms with van der Waals surface area (Å²) in [4.78, 5) is 32.8. The van der Waals surface area contributed by atoms with Gasteiger partial charge in [0.25, 0.3) is 5.91 Å². The Kier molecular flexibility index (Phi) is 8.33. The largest absolute Gasteiger partial charge is 0.497 e. The van der Waals surface area contributed by atoms with Crippen LogP contribution < -0.4 is 20.1 Å². The second-order valence-corrected chi connectivity index (χ2v) is 10.8. The second kappa shape index (κ2) is 11.2. The first kappa shape index (κ1) is 27.4. The lowest BCUT2D eigenvalue weighted by Gasteiger charge is -2.19. The lowest BCUT2D eigenvalue weighted by Crippen LogP contribution is -2.27. The molecular weight excluding hydrogens is 500 g/mol. The van der Waals surface area contributed by atoms with E-state index >= 15 is 0 Å². The Morgan fingerprint density at radius 2 is 1.73 bits per heavy atom. The number of carbonyl (C=O) groups excluding carboxylic acids is 2. The minimum atomic E-state index is -3.78. The third-order valence-electron chi connectivity index (χ3n) is 4.61. The number of hydrogen-bond acceptors (Lipinski definition) is 9. The van der Waals surface area contributed by atoms with Crippen LogP contribution in [-0.4, -0.2) is 49.4 Å². The number of rotatable bonds is 8. The summed E-state index contributed by atoms with van der Waals surface area (Å²) < 4.78 is 40.2. The Morgan fingerprint density at radius 3 is 2.35 bits per heavy atom. The Morgan fingerprint density at radius 1 is 1.03 bits per heavy atom. The minimum Gasteiger partial charge on any atom is -0.497 e. The van der Waals surface area contributed by atoms with Crippen LogP contribution in [-0.2, 0) is 21.1 Å². The first-order valence-electron chi connectivity index (χ1n) is 11.1. The third-order valence-corrected chi connectivity index (χ3v) is 5.47. The molecule has 1 heterocycles. The molecule has 2 aromatic carbocycles. The van der Waals surface area contributed by atoms with Gasteiger partial charge in [-0.2, -0.15) is 4.98 Å². The first-order chi connectivity index (χ1) is 17.3. The molecule has 0 unspecified atom stereocenters. The van der Waals surface area contributed by atoms with Gasteiger partial charge in [-0.3, -0.25) is 10.1 Å². The van der Waals surface area contributed by atoms with E-state index in [-0.39, 0.29) is 23.7 Å². The summed E-state index contributed by atoms with van der Waals surface area (Å²) in [5.74, 6) is 0.0285. The number of amides is 2. The van der Waals surface area contributed by atoms with Crippen molar-refractivity contribution in [1.82, 2.24) is 15.3 Å². The monoisotopic (exact) mass is 528 g/mol. The van der Waals surface area contributed by atoms with E-state index in [9.17, 15) is 18.0 Å². The van der Waals surface area contributed by atoms with Crippen LogP contribution in [0.4, 0.5) is 10.5 Å². The summed E-state index contributed by atoms with van der Waals surface area (Å²) in [7, 11) is -2.23. The normalized spacial score (nSPS) is 11.4. The molecule has 0 fully saturated rings. The standard InChI is InChI=1S/C25H28N4O7S/c1-25(2,3)36-24(31)28-17-7-6-8-19(13-17)35-22-20(15-27-23(29-22)37(5,32)33)21(30)26-14-16-9-11-18(34-4)12-10-16/h6-13,15H,14H2,1-5H3,(H,26,30)(H,28,31). The minimum absolute atomic E-state index is 0.0774. The van der Waals surface area contributed by atoms with Crippen LogP contribution in [0.1, 0.15) is 36.7 Å². The molecule has 2 amide bonds. The summed E-state index contributed by atoms with van der Waals surface area (Å²) in [6.45, 7) is 5.40. The second-order valence-electron chi connectivity index (χ2n) is 8.93. The van der Waals surface area contributed by atoms with Crippen molar-refractivity contribution in [1.29, 1.82) is 0 Å². The number of nitrogens with zero attached hydrogens (tertiary/aromatic N) is 2. The van der Waals surface area contributed by atoms with Gasteiger partial charge >= 0.3 is 6.09 Å². The summed E-state index contributed by atoms with van der Waals surface area (Å²) in [5, 5.41) is 4.82. The van der Waals surface area contributed by atoms with E-state index in [0.717, 1.165) is 18.0 Å². The summed E-state index contributed by atoms with van der Waals surface area (Å²) >= 11 is 0. The van der Waals surface area contributed by atoms with Gasteiger partial charge in [0.05, 0.1) is 7.11 Å².